The number of amides is 1. The fourth-order valence-electron chi connectivity index (χ4n) is 5.80. The summed E-state index contributed by atoms with van der Waals surface area (Å²) in [5, 5.41) is 13.1. The van der Waals surface area contributed by atoms with Gasteiger partial charge in [-0.05, 0) is 57.0 Å². The number of alkyl halides is 1. The number of rotatable bonds is 4. The van der Waals surface area contributed by atoms with Crippen LogP contribution in [0.1, 0.15) is 51.5 Å². The van der Waals surface area contributed by atoms with Gasteiger partial charge in [0.05, 0.1) is 26.8 Å². The second kappa shape index (κ2) is 6.67. The van der Waals surface area contributed by atoms with Gasteiger partial charge in [-0.15, -0.1) is 11.6 Å². The summed E-state index contributed by atoms with van der Waals surface area (Å²) in [6.07, 6.45) is 1.42. The van der Waals surface area contributed by atoms with Crippen LogP contribution in [0.15, 0.2) is 30.3 Å². The first-order valence-electron chi connectivity index (χ1n) is 10.8. The summed E-state index contributed by atoms with van der Waals surface area (Å²) in [6, 6.07) is 8.71. The van der Waals surface area contributed by atoms with E-state index in [2.05, 4.69) is 0 Å². The van der Waals surface area contributed by atoms with Crippen molar-refractivity contribution >= 4 is 45.6 Å². The van der Waals surface area contributed by atoms with E-state index in [-0.39, 0.29) is 23.5 Å². The van der Waals surface area contributed by atoms with E-state index < -0.39 is 21.4 Å². The number of carbonyl (C=O) groups excluding carboxylic acids is 2. The molecular weight excluding hydrogens is 432 g/mol. The molecule has 8 heteroatoms. The molecule has 6 rings (SSSR count). The van der Waals surface area contributed by atoms with Crippen molar-refractivity contribution in [3.05, 3.63) is 46.0 Å². The molecule has 4 aliphatic rings. The van der Waals surface area contributed by atoms with E-state index in [4.69, 9.17) is 16.3 Å². The molecule has 7 nitrogen and oxygen atoms in total. The summed E-state index contributed by atoms with van der Waals surface area (Å²) < 4.78 is 5.56. The van der Waals surface area contributed by atoms with Crippen LogP contribution in [0.3, 0.4) is 0 Å². The number of ether oxygens (including phenoxy) is 1. The maximum atomic E-state index is 13.6. The van der Waals surface area contributed by atoms with Crippen LogP contribution < -0.4 is 4.90 Å². The Morgan fingerprint density at radius 2 is 1.81 bits per heavy atom. The lowest BCUT2D eigenvalue weighted by molar-refractivity contribution is -0.383. The highest BCUT2D eigenvalue weighted by atomic mass is 35.5. The summed E-state index contributed by atoms with van der Waals surface area (Å²) in [5.41, 5.74) is -0.270. The van der Waals surface area contributed by atoms with Gasteiger partial charge in [0.15, 0.2) is 0 Å². The minimum Gasteiger partial charge on any atom is -0.460 e. The lowest BCUT2D eigenvalue weighted by Crippen LogP contribution is -2.71. The smallest absolute Gasteiger partial charge is 0.312 e. The standard InChI is InChI=1S/C24H25ClN2O5/c1-22(2,3)32-21(29)24-11-23(12-24,13-24)20(28)26-10-14(9-25)19-16-7-5-4-6-15(16)17(27(30)31)8-18(19)26/h4-8,14H,9-13H2,1-3H3/t14-,23?,24?/m1/s1. The van der Waals surface area contributed by atoms with Crippen molar-refractivity contribution in [1.29, 1.82) is 0 Å². The molecule has 168 valence electrons. The Hall–Kier alpha value is -2.67. The third-order valence-corrected chi connectivity index (χ3v) is 7.46. The van der Waals surface area contributed by atoms with E-state index >= 15 is 0 Å². The zero-order chi connectivity index (χ0) is 23.1. The van der Waals surface area contributed by atoms with Gasteiger partial charge in [-0.25, -0.2) is 0 Å². The highest BCUT2D eigenvalue weighted by molar-refractivity contribution is 6.19. The minimum atomic E-state index is -0.587. The lowest BCUT2D eigenvalue weighted by atomic mass is 9.34. The molecule has 3 fully saturated rings. The fourth-order valence-corrected chi connectivity index (χ4v) is 6.05. The van der Waals surface area contributed by atoms with Crippen molar-refractivity contribution in [2.45, 2.75) is 51.6 Å². The molecule has 0 radical (unpaired) electrons. The highest BCUT2D eigenvalue weighted by Gasteiger charge is 2.76. The number of halogens is 1. The van der Waals surface area contributed by atoms with Crippen LogP contribution in [-0.4, -0.2) is 34.8 Å². The van der Waals surface area contributed by atoms with Gasteiger partial charge in [-0.2, -0.15) is 0 Å². The van der Waals surface area contributed by atoms with E-state index in [0.717, 1.165) is 10.9 Å². The Morgan fingerprint density at radius 1 is 1.19 bits per heavy atom. The molecule has 1 aliphatic heterocycles. The minimum absolute atomic E-state index is 0.0183. The molecule has 1 heterocycles. The quantitative estimate of drug-likeness (QED) is 0.281. The summed E-state index contributed by atoms with van der Waals surface area (Å²) in [5.74, 6) is -0.0930. The van der Waals surface area contributed by atoms with Gasteiger partial charge in [-0.1, -0.05) is 18.2 Å². The molecule has 32 heavy (non-hydrogen) atoms. The van der Waals surface area contributed by atoms with Gasteiger partial charge in [-0.3, -0.25) is 19.7 Å². The van der Waals surface area contributed by atoms with Crippen LogP contribution in [0.4, 0.5) is 11.4 Å². The van der Waals surface area contributed by atoms with E-state index in [1.54, 1.807) is 17.0 Å². The lowest BCUT2D eigenvalue weighted by Gasteiger charge is -2.67. The van der Waals surface area contributed by atoms with E-state index in [9.17, 15) is 19.7 Å². The van der Waals surface area contributed by atoms with Gasteiger partial charge in [0, 0.05) is 24.4 Å². The van der Waals surface area contributed by atoms with Gasteiger partial charge >= 0.3 is 5.97 Å². The number of esters is 1. The Balaban J connectivity index is 1.48. The van der Waals surface area contributed by atoms with Crippen LogP contribution in [0.2, 0.25) is 0 Å². The van der Waals surface area contributed by atoms with Gasteiger partial charge in [0.25, 0.3) is 5.69 Å². The topological polar surface area (TPSA) is 89.8 Å². The number of nitro benzene ring substituents is 1. The molecule has 0 saturated heterocycles. The number of benzene rings is 2. The number of carbonyl (C=O) groups is 2. The number of non-ortho nitro benzene ring substituents is 1. The van der Waals surface area contributed by atoms with Crippen LogP contribution in [0, 0.1) is 20.9 Å². The molecule has 2 bridgehead atoms. The third-order valence-electron chi connectivity index (χ3n) is 7.09. The number of nitro groups is 1. The monoisotopic (exact) mass is 456 g/mol. The Bertz CT molecular complexity index is 1170. The average Bonchev–Trinajstić information content (AvgIpc) is 3.02. The number of nitrogens with zero attached hydrogens (tertiary/aromatic N) is 2. The number of hydrogen-bond donors (Lipinski definition) is 0. The van der Waals surface area contributed by atoms with Gasteiger partial charge < -0.3 is 9.64 Å². The molecule has 1 atom stereocenters. The Morgan fingerprint density at radius 3 is 2.38 bits per heavy atom. The zero-order valence-electron chi connectivity index (χ0n) is 18.3. The Labute approximate surface area is 190 Å². The molecule has 0 aromatic heterocycles. The highest BCUT2D eigenvalue weighted by Crippen LogP contribution is 2.74. The molecule has 0 spiro atoms. The SMILES string of the molecule is CC(C)(C)OC(=O)C12CC(C(=O)N3C[C@@H](CCl)c4c3cc([N+](=O)[O-])c3ccccc43)(C1)C2. The van der Waals surface area contributed by atoms with E-state index in [1.807, 2.05) is 32.9 Å². The predicted molar refractivity (Wildman–Crippen MR) is 121 cm³/mol. The summed E-state index contributed by atoms with van der Waals surface area (Å²) in [4.78, 5) is 39.3. The third kappa shape index (κ3) is 2.86. The van der Waals surface area contributed by atoms with Crippen molar-refractivity contribution in [3.8, 4) is 0 Å². The number of hydrogen-bond acceptors (Lipinski definition) is 5. The summed E-state index contributed by atoms with van der Waals surface area (Å²) in [7, 11) is 0. The second-order valence-electron chi connectivity index (χ2n) is 10.5. The molecule has 1 amide bonds. The zero-order valence-corrected chi connectivity index (χ0v) is 19.1. The van der Waals surface area contributed by atoms with Gasteiger partial charge in [0.2, 0.25) is 5.91 Å². The van der Waals surface area contributed by atoms with E-state index in [1.165, 1.54) is 6.07 Å². The Kier molecular flexibility index (Phi) is 4.42. The first-order chi connectivity index (χ1) is 15.0. The van der Waals surface area contributed by atoms with Crippen LogP contribution in [0.5, 0.6) is 0 Å². The maximum absolute atomic E-state index is 13.6. The average molecular weight is 457 g/mol. The van der Waals surface area contributed by atoms with Crippen LogP contribution >= 0.6 is 11.6 Å². The van der Waals surface area contributed by atoms with Crippen molar-refractivity contribution in [3.63, 3.8) is 0 Å². The molecule has 0 unspecified atom stereocenters. The van der Waals surface area contributed by atoms with Crippen molar-refractivity contribution in [2.24, 2.45) is 10.8 Å². The second-order valence-corrected chi connectivity index (χ2v) is 10.8. The molecule has 3 saturated carbocycles. The van der Waals surface area contributed by atoms with Crippen molar-refractivity contribution < 1.29 is 19.2 Å². The largest absolute Gasteiger partial charge is 0.460 e. The summed E-state index contributed by atoms with van der Waals surface area (Å²) >= 11 is 6.27. The fraction of sp³-hybridized carbons (Fsp3) is 0.500. The molecule has 3 aliphatic carbocycles. The molecular formula is C24H25ClN2O5. The number of anilines is 1. The first-order valence-corrected chi connectivity index (χ1v) is 11.4. The van der Waals surface area contributed by atoms with Crippen LogP contribution in [0.25, 0.3) is 10.8 Å². The maximum Gasteiger partial charge on any atom is 0.312 e. The normalized spacial score (nSPS) is 28.0. The summed E-state index contributed by atoms with van der Waals surface area (Å²) in [6.45, 7) is 5.90. The molecule has 2 aromatic carbocycles. The first kappa shape index (κ1) is 21.2. The number of fused-ring (bicyclic) bond motifs is 3. The van der Waals surface area contributed by atoms with Crippen molar-refractivity contribution in [1.82, 2.24) is 0 Å². The molecule has 0 N–H and O–H groups in total. The van der Waals surface area contributed by atoms with Crippen LogP contribution in [-0.2, 0) is 14.3 Å². The van der Waals surface area contributed by atoms with Crippen molar-refractivity contribution in [2.75, 3.05) is 17.3 Å². The predicted octanol–water partition coefficient (Wildman–Crippen LogP) is 4.93. The van der Waals surface area contributed by atoms with Gasteiger partial charge in [0.1, 0.15) is 5.60 Å². The molecule has 2 aromatic rings. The van der Waals surface area contributed by atoms with E-state index in [0.29, 0.717) is 42.8 Å².